The van der Waals surface area contributed by atoms with E-state index in [9.17, 15) is 0 Å². The zero-order chi connectivity index (χ0) is 13.8. The number of nitrogens with two attached hydrogens (primary N) is 1. The highest BCUT2D eigenvalue weighted by atomic mass is 16.5. The van der Waals surface area contributed by atoms with Gasteiger partial charge in [-0.3, -0.25) is 0 Å². The third kappa shape index (κ3) is 3.00. The van der Waals surface area contributed by atoms with E-state index in [1.165, 1.54) is 0 Å². The first-order chi connectivity index (χ1) is 9.13. The van der Waals surface area contributed by atoms with E-state index < -0.39 is 0 Å². The average Bonchev–Trinajstić information content (AvgIpc) is 2.43. The van der Waals surface area contributed by atoms with E-state index in [0.717, 1.165) is 28.4 Å². The van der Waals surface area contributed by atoms with Gasteiger partial charge in [0, 0.05) is 17.7 Å². The van der Waals surface area contributed by atoms with Gasteiger partial charge < -0.3 is 10.2 Å². The van der Waals surface area contributed by atoms with Gasteiger partial charge >= 0.3 is 0 Å². The lowest BCUT2D eigenvalue weighted by atomic mass is 10.1. The summed E-state index contributed by atoms with van der Waals surface area (Å²) in [6, 6.07) is 7.87. The van der Waals surface area contributed by atoms with Crippen LogP contribution in [0, 0.1) is 13.8 Å². The van der Waals surface area contributed by atoms with E-state index in [-0.39, 0.29) is 0 Å². The summed E-state index contributed by atoms with van der Waals surface area (Å²) >= 11 is 0. The third-order valence-electron chi connectivity index (χ3n) is 3.09. The molecule has 0 fully saturated rings. The number of aromatic nitrogens is 2. The smallest absolute Gasteiger partial charge is 0.146 e. The topological polar surface area (TPSA) is 73.1 Å². The summed E-state index contributed by atoms with van der Waals surface area (Å²) in [4.78, 5) is 8.89. The Morgan fingerprint density at radius 1 is 1.16 bits per heavy atom. The van der Waals surface area contributed by atoms with Crippen LogP contribution in [0.4, 0.5) is 5.82 Å². The molecule has 0 saturated heterocycles. The maximum absolute atomic E-state index is 5.46. The van der Waals surface area contributed by atoms with Crippen LogP contribution in [0.2, 0.25) is 0 Å². The first-order valence-electron chi connectivity index (χ1n) is 6.07. The predicted octanol–water partition coefficient (Wildman–Crippen LogP) is 1.98. The quantitative estimate of drug-likeness (QED) is 0.648. The Morgan fingerprint density at radius 2 is 1.84 bits per heavy atom. The van der Waals surface area contributed by atoms with Gasteiger partial charge in [-0.05, 0) is 31.5 Å². The highest BCUT2D eigenvalue weighted by Gasteiger charge is 2.07. The summed E-state index contributed by atoms with van der Waals surface area (Å²) in [5, 5.41) is 0. The van der Waals surface area contributed by atoms with Gasteiger partial charge in [0.2, 0.25) is 0 Å². The molecule has 0 saturated carbocycles. The molecule has 5 heteroatoms. The summed E-state index contributed by atoms with van der Waals surface area (Å²) in [5.74, 6) is 7.73. The Bertz CT molecular complexity index is 566. The van der Waals surface area contributed by atoms with Crippen molar-refractivity contribution in [3.05, 3.63) is 46.9 Å². The van der Waals surface area contributed by atoms with Crippen LogP contribution in [0.5, 0.6) is 5.75 Å². The molecule has 2 aromatic rings. The van der Waals surface area contributed by atoms with Crippen LogP contribution in [-0.2, 0) is 6.42 Å². The normalized spacial score (nSPS) is 10.3. The minimum atomic E-state index is 0.666. The second kappa shape index (κ2) is 5.67. The molecule has 0 atom stereocenters. The number of hydrogen-bond donors (Lipinski definition) is 2. The van der Waals surface area contributed by atoms with Crippen molar-refractivity contribution in [3.63, 3.8) is 0 Å². The van der Waals surface area contributed by atoms with Crippen molar-refractivity contribution < 1.29 is 4.74 Å². The molecule has 0 bridgehead atoms. The van der Waals surface area contributed by atoms with E-state index in [2.05, 4.69) is 15.4 Å². The monoisotopic (exact) mass is 258 g/mol. The number of methoxy groups -OCH3 is 1. The van der Waals surface area contributed by atoms with Crippen LogP contribution in [0.25, 0.3) is 0 Å². The Morgan fingerprint density at radius 3 is 2.42 bits per heavy atom. The zero-order valence-electron chi connectivity index (χ0n) is 11.4. The number of anilines is 1. The van der Waals surface area contributed by atoms with Crippen LogP contribution in [0.15, 0.2) is 24.3 Å². The maximum Gasteiger partial charge on any atom is 0.146 e. The first kappa shape index (κ1) is 13.3. The summed E-state index contributed by atoms with van der Waals surface area (Å²) in [6.45, 7) is 3.90. The van der Waals surface area contributed by atoms with E-state index >= 15 is 0 Å². The molecule has 1 aromatic heterocycles. The fraction of sp³-hybridized carbons (Fsp3) is 0.286. The molecule has 0 aliphatic carbocycles. The van der Waals surface area contributed by atoms with Crippen LogP contribution < -0.4 is 16.0 Å². The number of nitrogen functional groups attached to an aromatic ring is 1. The van der Waals surface area contributed by atoms with Crippen molar-refractivity contribution in [2.45, 2.75) is 20.3 Å². The number of rotatable bonds is 4. The summed E-state index contributed by atoms with van der Waals surface area (Å²) in [7, 11) is 1.65. The lowest BCUT2D eigenvalue weighted by Gasteiger charge is -2.09. The number of hydrazine groups is 1. The van der Waals surface area contributed by atoms with E-state index in [0.29, 0.717) is 12.2 Å². The largest absolute Gasteiger partial charge is 0.497 e. The van der Waals surface area contributed by atoms with Gasteiger partial charge in [0.05, 0.1) is 7.11 Å². The van der Waals surface area contributed by atoms with E-state index in [4.69, 9.17) is 10.6 Å². The van der Waals surface area contributed by atoms with E-state index in [1.54, 1.807) is 7.11 Å². The van der Waals surface area contributed by atoms with Crippen molar-refractivity contribution in [3.8, 4) is 5.75 Å². The molecule has 100 valence electrons. The van der Waals surface area contributed by atoms with Gasteiger partial charge in [0.15, 0.2) is 0 Å². The number of nitrogens with one attached hydrogen (secondary N) is 1. The molecule has 0 aliphatic heterocycles. The minimum absolute atomic E-state index is 0.666. The van der Waals surface area contributed by atoms with Crippen molar-refractivity contribution in [1.82, 2.24) is 9.97 Å². The lowest BCUT2D eigenvalue weighted by molar-refractivity contribution is 0.414. The molecule has 0 amide bonds. The van der Waals surface area contributed by atoms with Gasteiger partial charge in [-0.1, -0.05) is 12.1 Å². The van der Waals surface area contributed by atoms with Crippen molar-refractivity contribution in [1.29, 1.82) is 0 Å². The van der Waals surface area contributed by atoms with Crippen LogP contribution in [0.1, 0.15) is 22.6 Å². The van der Waals surface area contributed by atoms with Gasteiger partial charge in [0.1, 0.15) is 17.4 Å². The first-order valence-corrected chi connectivity index (χ1v) is 6.07. The van der Waals surface area contributed by atoms with Gasteiger partial charge in [-0.15, -0.1) is 0 Å². The molecule has 2 rings (SSSR count). The molecular formula is C14H18N4O. The predicted molar refractivity (Wildman–Crippen MR) is 75.1 cm³/mol. The van der Waals surface area contributed by atoms with Gasteiger partial charge in [-0.2, -0.15) is 0 Å². The maximum atomic E-state index is 5.46. The Kier molecular flexibility index (Phi) is 3.97. The second-order valence-electron chi connectivity index (χ2n) is 4.37. The Hall–Kier alpha value is -2.14. The highest BCUT2D eigenvalue weighted by molar-refractivity contribution is 5.44. The lowest BCUT2D eigenvalue weighted by Crippen LogP contribution is -2.13. The van der Waals surface area contributed by atoms with Crippen LogP contribution in [0.3, 0.4) is 0 Å². The number of benzene rings is 1. The summed E-state index contributed by atoms with van der Waals surface area (Å²) in [5.41, 5.74) is 5.65. The molecule has 0 radical (unpaired) electrons. The number of ether oxygens (including phenoxy) is 1. The molecule has 1 aromatic carbocycles. The Balaban J connectivity index is 2.25. The fourth-order valence-electron chi connectivity index (χ4n) is 1.83. The molecule has 0 aliphatic rings. The minimum Gasteiger partial charge on any atom is -0.497 e. The molecule has 1 heterocycles. The van der Waals surface area contributed by atoms with Crippen molar-refractivity contribution >= 4 is 5.82 Å². The number of aryl methyl sites for hydroxylation is 1. The molecular weight excluding hydrogens is 240 g/mol. The second-order valence-corrected chi connectivity index (χ2v) is 4.37. The summed E-state index contributed by atoms with van der Waals surface area (Å²) in [6.07, 6.45) is 0.666. The molecule has 5 nitrogen and oxygen atoms in total. The molecule has 19 heavy (non-hydrogen) atoms. The van der Waals surface area contributed by atoms with Crippen molar-refractivity contribution in [2.75, 3.05) is 12.5 Å². The SMILES string of the molecule is COc1ccc(Cc2nc(C)c(C)c(NN)n2)cc1. The zero-order valence-corrected chi connectivity index (χ0v) is 11.4. The summed E-state index contributed by atoms with van der Waals surface area (Å²) < 4.78 is 5.13. The average molecular weight is 258 g/mol. The van der Waals surface area contributed by atoms with Gasteiger partial charge in [-0.25, -0.2) is 15.8 Å². The van der Waals surface area contributed by atoms with Crippen LogP contribution in [-0.4, -0.2) is 17.1 Å². The molecule has 3 N–H and O–H groups in total. The highest BCUT2D eigenvalue weighted by Crippen LogP contribution is 2.17. The van der Waals surface area contributed by atoms with E-state index in [1.807, 2.05) is 38.1 Å². The standard InChI is InChI=1S/C14H18N4O/c1-9-10(2)16-13(17-14(9)18-15)8-11-4-6-12(19-3)7-5-11/h4-7H,8,15H2,1-3H3,(H,16,17,18). The van der Waals surface area contributed by atoms with Gasteiger partial charge in [0.25, 0.3) is 0 Å². The molecule has 0 unspecified atom stereocenters. The number of hydrogen-bond acceptors (Lipinski definition) is 5. The Labute approximate surface area is 112 Å². The third-order valence-corrected chi connectivity index (χ3v) is 3.09. The molecule has 0 spiro atoms. The van der Waals surface area contributed by atoms with Crippen molar-refractivity contribution in [2.24, 2.45) is 5.84 Å². The number of nitrogens with zero attached hydrogens (tertiary/aromatic N) is 2. The fourth-order valence-corrected chi connectivity index (χ4v) is 1.83. The van der Waals surface area contributed by atoms with Crippen LogP contribution >= 0.6 is 0 Å².